The maximum absolute atomic E-state index is 11.5. The number of amides is 1. The Kier molecular flexibility index (Phi) is 3.40. The molecule has 1 saturated carbocycles. The lowest BCUT2D eigenvalue weighted by Gasteiger charge is -2.12. The molecular weight excluding hydrogens is 178 g/mol. The van der Waals surface area contributed by atoms with E-state index in [1.165, 1.54) is 12.8 Å². The fraction of sp³-hybridized carbons (Fsp3) is 0.909. The van der Waals surface area contributed by atoms with E-state index in [-0.39, 0.29) is 11.8 Å². The van der Waals surface area contributed by atoms with Crippen molar-refractivity contribution in [2.24, 2.45) is 11.8 Å². The second-order valence-electron chi connectivity index (χ2n) is 4.46. The van der Waals surface area contributed by atoms with Crippen molar-refractivity contribution in [1.82, 2.24) is 5.32 Å². The van der Waals surface area contributed by atoms with Gasteiger partial charge < -0.3 is 10.1 Å². The van der Waals surface area contributed by atoms with Gasteiger partial charge in [-0.25, -0.2) is 0 Å². The fourth-order valence-electron chi connectivity index (χ4n) is 1.82. The van der Waals surface area contributed by atoms with Gasteiger partial charge in [-0.1, -0.05) is 6.42 Å². The van der Waals surface area contributed by atoms with Crippen molar-refractivity contribution in [2.45, 2.75) is 32.1 Å². The van der Waals surface area contributed by atoms with E-state index in [1.54, 1.807) is 0 Å². The zero-order valence-corrected chi connectivity index (χ0v) is 8.63. The van der Waals surface area contributed by atoms with Gasteiger partial charge in [-0.05, 0) is 31.6 Å². The molecule has 1 amide bonds. The SMILES string of the molecule is O=C1NCCCCC1COCC1CC1. The van der Waals surface area contributed by atoms with Gasteiger partial charge in [0.15, 0.2) is 0 Å². The third-order valence-electron chi connectivity index (χ3n) is 3.02. The average molecular weight is 197 g/mol. The Morgan fingerprint density at radius 3 is 2.86 bits per heavy atom. The van der Waals surface area contributed by atoms with E-state index >= 15 is 0 Å². The normalized spacial score (nSPS) is 28.3. The second-order valence-corrected chi connectivity index (χ2v) is 4.46. The monoisotopic (exact) mass is 197 g/mol. The molecule has 1 unspecified atom stereocenters. The van der Waals surface area contributed by atoms with Gasteiger partial charge in [0.2, 0.25) is 5.91 Å². The van der Waals surface area contributed by atoms with Gasteiger partial charge in [-0.2, -0.15) is 0 Å². The Morgan fingerprint density at radius 2 is 2.07 bits per heavy atom. The Balaban J connectivity index is 1.67. The van der Waals surface area contributed by atoms with Crippen molar-refractivity contribution < 1.29 is 9.53 Å². The molecule has 2 fully saturated rings. The zero-order valence-electron chi connectivity index (χ0n) is 8.63. The van der Waals surface area contributed by atoms with Crippen LogP contribution in [0.2, 0.25) is 0 Å². The molecule has 80 valence electrons. The molecule has 0 aromatic carbocycles. The van der Waals surface area contributed by atoms with Crippen LogP contribution in [0.15, 0.2) is 0 Å². The Hall–Kier alpha value is -0.570. The highest BCUT2D eigenvalue weighted by Crippen LogP contribution is 2.29. The molecular formula is C11H19NO2. The summed E-state index contributed by atoms with van der Waals surface area (Å²) in [6, 6.07) is 0. The van der Waals surface area contributed by atoms with Crippen LogP contribution in [0.25, 0.3) is 0 Å². The highest BCUT2D eigenvalue weighted by molar-refractivity contribution is 5.78. The summed E-state index contributed by atoms with van der Waals surface area (Å²) in [5, 5.41) is 2.93. The first kappa shape index (κ1) is 9.97. The van der Waals surface area contributed by atoms with E-state index in [9.17, 15) is 4.79 Å². The minimum atomic E-state index is 0.108. The van der Waals surface area contributed by atoms with E-state index in [2.05, 4.69) is 5.32 Å². The summed E-state index contributed by atoms with van der Waals surface area (Å²) in [6.45, 7) is 2.34. The van der Waals surface area contributed by atoms with Crippen LogP contribution in [0.3, 0.4) is 0 Å². The first-order chi connectivity index (χ1) is 6.86. The van der Waals surface area contributed by atoms with Crippen LogP contribution >= 0.6 is 0 Å². The van der Waals surface area contributed by atoms with Gasteiger partial charge in [0.25, 0.3) is 0 Å². The number of rotatable bonds is 4. The average Bonchev–Trinajstić information content (AvgIpc) is 2.97. The van der Waals surface area contributed by atoms with Crippen LogP contribution in [0.4, 0.5) is 0 Å². The summed E-state index contributed by atoms with van der Waals surface area (Å²) in [5.41, 5.74) is 0. The van der Waals surface area contributed by atoms with E-state index in [1.807, 2.05) is 0 Å². The number of ether oxygens (including phenoxy) is 1. The molecule has 1 saturated heterocycles. The second kappa shape index (κ2) is 4.78. The molecule has 1 atom stereocenters. The minimum absolute atomic E-state index is 0.108. The van der Waals surface area contributed by atoms with Crippen molar-refractivity contribution >= 4 is 5.91 Å². The highest BCUT2D eigenvalue weighted by atomic mass is 16.5. The lowest BCUT2D eigenvalue weighted by molar-refractivity contribution is -0.126. The summed E-state index contributed by atoms with van der Waals surface area (Å²) >= 11 is 0. The Bertz CT molecular complexity index is 201. The third-order valence-corrected chi connectivity index (χ3v) is 3.02. The number of hydrogen-bond acceptors (Lipinski definition) is 2. The van der Waals surface area contributed by atoms with Crippen molar-refractivity contribution in [3.05, 3.63) is 0 Å². The molecule has 2 aliphatic rings. The summed E-state index contributed by atoms with van der Waals surface area (Å²) in [5.74, 6) is 1.10. The molecule has 3 heteroatoms. The molecule has 3 nitrogen and oxygen atoms in total. The summed E-state index contributed by atoms with van der Waals surface area (Å²) in [6.07, 6.45) is 5.89. The largest absolute Gasteiger partial charge is 0.380 e. The van der Waals surface area contributed by atoms with Crippen LogP contribution in [0, 0.1) is 11.8 Å². The number of nitrogens with one attached hydrogen (secondary N) is 1. The topological polar surface area (TPSA) is 38.3 Å². The molecule has 0 aromatic rings. The molecule has 1 heterocycles. The minimum Gasteiger partial charge on any atom is -0.380 e. The predicted molar refractivity (Wildman–Crippen MR) is 53.9 cm³/mol. The fourth-order valence-corrected chi connectivity index (χ4v) is 1.82. The van der Waals surface area contributed by atoms with Crippen LogP contribution in [0.1, 0.15) is 32.1 Å². The summed E-state index contributed by atoms with van der Waals surface area (Å²) < 4.78 is 5.56. The zero-order chi connectivity index (χ0) is 9.80. The molecule has 0 radical (unpaired) electrons. The van der Waals surface area contributed by atoms with E-state index in [0.29, 0.717) is 6.61 Å². The molecule has 14 heavy (non-hydrogen) atoms. The third kappa shape index (κ3) is 2.98. The quantitative estimate of drug-likeness (QED) is 0.738. The van der Waals surface area contributed by atoms with Crippen LogP contribution in [-0.2, 0) is 9.53 Å². The standard InChI is InChI=1S/C11H19NO2/c13-11-10(3-1-2-6-12-11)8-14-7-9-4-5-9/h9-10H,1-8H2,(H,12,13). The van der Waals surface area contributed by atoms with Crippen molar-refractivity contribution in [3.63, 3.8) is 0 Å². The van der Waals surface area contributed by atoms with Gasteiger partial charge >= 0.3 is 0 Å². The van der Waals surface area contributed by atoms with Gasteiger partial charge in [0.05, 0.1) is 12.5 Å². The van der Waals surface area contributed by atoms with Crippen molar-refractivity contribution in [1.29, 1.82) is 0 Å². The van der Waals surface area contributed by atoms with Crippen LogP contribution in [0.5, 0.6) is 0 Å². The summed E-state index contributed by atoms with van der Waals surface area (Å²) in [7, 11) is 0. The van der Waals surface area contributed by atoms with Crippen molar-refractivity contribution in [3.8, 4) is 0 Å². The first-order valence-corrected chi connectivity index (χ1v) is 5.71. The van der Waals surface area contributed by atoms with Gasteiger partial charge in [0.1, 0.15) is 0 Å². The number of carbonyl (C=O) groups excluding carboxylic acids is 1. The molecule has 0 bridgehead atoms. The molecule has 1 aliphatic carbocycles. The molecule has 2 rings (SSSR count). The maximum atomic E-state index is 11.5. The summed E-state index contributed by atoms with van der Waals surface area (Å²) in [4.78, 5) is 11.5. The van der Waals surface area contributed by atoms with Gasteiger partial charge in [-0.3, -0.25) is 4.79 Å². The van der Waals surface area contributed by atoms with E-state index in [0.717, 1.165) is 38.3 Å². The Morgan fingerprint density at radius 1 is 1.21 bits per heavy atom. The van der Waals surface area contributed by atoms with Crippen molar-refractivity contribution in [2.75, 3.05) is 19.8 Å². The molecule has 0 spiro atoms. The number of hydrogen-bond donors (Lipinski definition) is 1. The lowest BCUT2D eigenvalue weighted by atomic mass is 10.0. The van der Waals surface area contributed by atoms with E-state index < -0.39 is 0 Å². The number of carbonyl (C=O) groups is 1. The maximum Gasteiger partial charge on any atom is 0.225 e. The predicted octanol–water partition coefficient (Wildman–Crippen LogP) is 1.33. The first-order valence-electron chi connectivity index (χ1n) is 5.71. The van der Waals surface area contributed by atoms with Crippen LogP contribution < -0.4 is 5.32 Å². The smallest absolute Gasteiger partial charge is 0.225 e. The van der Waals surface area contributed by atoms with E-state index in [4.69, 9.17) is 4.74 Å². The molecule has 0 aromatic heterocycles. The molecule has 1 aliphatic heterocycles. The van der Waals surface area contributed by atoms with Gasteiger partial charge in [0, 0.05) is 13.2 Å². The highest BCUT2D eigenvalue weighted by Gasteiger charge is 2.24. The molecule has 1 N–H and O–H groups in total. The Labute approximate surface area is 85.2 Å². The lowest BCUT2D eigenvalue weighted by Crippen LogP contribution is -2.31. The van der Waals surface area contributed by atoms with Crippen LogP contribution in [-0.4, -0.2) is 25.7 Å². The van der Waals surface area contributed by atoms with Gasteiger partial charge in [-0.15, -0.1) is 0 Å².